The van der Waals surface area contributed by atoms with Crippen LogP contribution in [0.25, 0.3) is 0 Å². The summed E-state index contributed by atoms with van der Waals surface area (Å²) in [4.78, 5) is 0. The first-order valence-electron chi connectivity index (χ1n) is 2.96. The van der Waals surface area contributed by atoms with Crippen LogP contribution in [0.4, 0.5) is 0 Å². The molecule has 3 nitrogen and oxygen atoms in total. The summed E-state index contributed by atoms with van der Waals surface area (Å²) in [5.41, 5.74) is 4.33. The summed E-state index contributed by atoms with van der Waals surface area (Å²) in [5, 5.41) is 9.14. The Hall–Kier alpha value is 0.0700. The van der Waals surface area contributed by atoms with Gasteiger partial charge in [0.2, 0.25) is 0 Å². The second-order valence-corrected chi connectivity index (χ2v) is 4.15. The molecule has 0 amide bonds. The third-order valence-corrected chi connectivity index (χ3v) is 2.84. The van der Waals surface area contributed by atoms with E-state index in [-0.39, 0.29) is 0 Å². The van der Waals surface area contributed by atoms with Crippen LogP contribution in [0.2, 0.25) is 0 Å². The fourth-order valence-electron chi connectivity index (χ4n) is 0.808. The Kier molecular flexibility index (Phi) is 1.88. The number of rotatable bonds is 0. The Morgan fingerprint density at radius 1 is 1.44 bits per heavy atom. The van der Waals surface area contributed by atoms with Crippen molar-refractivity contribution in [1.82, 2.24) is 0 Å². The number of aliphatic hydroxyl groups is 1. The molecule has 1 fully saturated rings. The van der Waals surface area contributed by atoms with E-state index in [9.17, 15) is 4.21 Å². The second-order valence-electron chi connectivity index (χ2n) is 2.45. The molecule has 0 aliphatic carbocycles. The van der Waals surface area contributed by atoms with E-state index in [1.807, 2.05) is 0 Å². The third kappa shape index (κ3) is 2.04. The predicted octanol–water partition coefficient (Wildman–Crippen LogP) is -0.824. The third-order valence-electron chi connectivity index (χ3n) is 1.53. The number of hydrogen-bond acceptors (Lipinski definition) is 3. The highest BCUT2D eigenvalue weighted by molar-refractivity contribution is 7.85. The van der Waals surface area contributed by atoms with Crippen LogP contribution in [-0.4, -0.2) is 26.5 Å². The van der Waals surface area contributed by atoms with Crippen molar-refractivity contribution >= 4 is 10.8 Å². The minimum Gasteiger partial charge on any atom is -0.376 e. The van der Waals surface area contributed by atoms with Gasteiger partial charge < -0.3 is 10.8 Å². The van der Waals surface area contributed by atoms with Crippen molar-refractivity contribution in [3.63, 3.8) is 0 Å². The van der Waals surface area contributed by atoms with E-state index >= 15 is 0 Å². The first kappa shape index (κ1) is 7.18. The Morgan fingerprint density at radius 3 is 2.22 bits per heavy atom. The highest BCUT2D eigenvalue weighted by atomic mass is 32.2. The van der Waals surface area contributed by atoms with Crippen LogP contribution in [0.5, 0.6) is 0 Å². The van der Waals surface area contributed by atoms with Gasteiger partial charge >= 0.3 is 0 Å². The van der Waals surface area contributed by atoms with Crippen molar-refractivity contribution in [1.29, 1.82) is 0 Å². The van der Waals surface area contributed by atoms with Gasteiger partial charge in [-0.25, -0.2) is 0 Å². The maximum Gasteiger partial charge on any atom is 0.115 e. The Morgan fingerprint density at radius 2 is 1.89 bits per heavy atom. The Balaban J connectivity index is 2.44. The van der Waals surface area contributed by atoms with Gasteiger partial charge in [0.15, 0.2) is 0 Å². The normalized spacial score (nSPS) is 44.9. The molecule has 0 bridgehead atoms. The van der Waals surface area contributed by atoms with Crippen molar-refractivity contribution in [3.8, 4) is 0 Å². The fraction of sp³-hybridized carbons (Fsp3) is 1.00. The highest BCUT2D eigenvalue weighted by Crippen LogP contribution is 2.15. The molecular weight excluding hydrogens is 138 g/mol. The molecule has 0 atom stereocenters. The van der Waals surface area contributed by atoms with E-state index in [1.54, 1.807) is 0 Å². The molecule has 0 aromatic carbocycles. The van der Waals surface area contributed by atoms with Crippen molar-refractivity contribution < 1.29 is 9.32 Å². The zero-order valence-electron chi connectivity index (χ0n) is 5.17. The lowest BCUT2D eigenvalue weighted by atomic mass is 10.1. The van der Waals surface area contributed by atoms with Crippen molar-refractivity contribution in [3.05, 3.63) is 0 Å². The van der Waals surface area contributed by atoms with Crippen LogP contribution in [-0.2, 0) is 10.8 Å². The summed E-state index contributed by atoms with van der Waals surface area (Å²) in [7, 11) is -0.727. The van der Waals surface area contributed by atoms with Gasteiger partial charge in [-0.1, -0.05) is 0 Å². The number of nitrogens with two attached hydrogens (primary N) is 1. The lowest BCUT2D eigenvalue weighted by Gasteiger charge is -2.26. The molecule has 9 heavy (non-hydrogen) atoms. The van der Waals surface area contributed by atoms with Gasteiger partial charge in [0.25, 0.3) is 0 Å². The maximum atomic E-state index is 10.7. The SMILES string of the molecule is NC1(O)CCS(=O)CC1. The molecule has 0 aromatic heterocycles. The topological polar surface area (TPSA) is 63.3 Å². The average Bonchev–Trinajstić information content (AvgIpc) is 1.78. The molecule has 0 radical (unpaired) electrons. The lowest BCUT2D eigenvalue weighted by molar-refractivity contribution is 0.0379. The molecule has 0 unspecified atom stereocenters. The van der Waals surface area contributed by atoms with Gasteiger partial charge in [0, 0.05) is 35.1 Å². The largest absolute Gasteiger partial charge is 0.376 e. The number of hydrogen-bond donors (Lipinski definition) is 2. The zero-order valence-corrected chi connectivity index (χ0v) is 5.99. The minimum absolute atomic E-state index is 0.472. The summed E-state index contributed by atoms with van der Waals surface area (Å²) in [6.45, 7) is 0. The smallest absolute Gasteiger partial charge is 0.115 e. The van der Waals surface area contributed by atoms with Gasteiger partial charge in [-0.15, -0.1) is 0 Å². The molecule has 0 spiro atoms. The quantitative estimate of drug-likeness (QED) is 0.442. The van der Waals surface area contributed by atoms with Gasteiger partial charge in [0.05, 0.1) is 0 Å². The van der Waals surface area contributed by atoms with Crippen LogP contribution >= 0.6 is 0 Å². The molecule has 4 heteroatoms. The molecule has 1 saturated heterocycles. The van der Waals surface area contributed by atoms with E-state index in [0.29, 0.717) is 24.3 Å². The molecule has 1 rings (SSSR count). The fourth-order valence-corrected chi connectivity index (χ4v) is 2.17. The Bertz CT molecular complexity index is 123. The second kappa shape index (κ2) is 2.36. The molecule has 1 aliphatic rings. The summed E-state index contributed by atoms with van der Waals surface area (Å²) < 4.78 is 10.7. The molecule has 54 valence electrons. The van der Waals surface area contributed by atoms with Crippen LogP contribution in [0.15, 0.2) is 0 Å². The van der Waals surface area contributed by atoms with E-state index in [4.69, 9.17) is 10.8 Å². The van der Waals surface area contributed by atoms with E-state index in [1.165, 1.54) is 0 Å². The standard InChI is InChI=1S/C5H11NO2S/c6-5(7)1-3-9(8)4-2-5/h7H,1-4,6H2. The van der Waals surface area contributed by atoms with Crippen molar-refractivity contribution in [2.75, 3.05) is 11.5 Å². The van der Waals surface area contributed by atoms with Crippen LogP contribution in [0, 0.1) is 0 Å². The molecule has 1 aliphatic heterocycles. The lowest BCUT2D eigenvalue weighted by Crippen LogP contribution is -2.45. The molecule has 3 N–H and O–H groups in total. The van der Waals surface area contributed by atoms with Gasteiger partial charge in [-0.2, -0.15) is 0 Å². The van der Waals surface area contributed by atoms with E-state index in [2.05, 4.69) is 0 Å². The summed E-state index contributed by atoms with van der Waals surface area (Å²) in [6, 6.07) is 0. The summed E-state index contributed by atoms with van der Waals surface area (Å²) in [6.07, 6.45) is 0.944. The van der Waals surface area contributed by atoms with Crippen LogP contribution < -0.4 is 5.73 Å². The maximum absolute atomic E-state index is 10.7. The van der Waals surface area contributed by atoms with Crippen LogP contribution in [0.1, 0.15) is 12.8 Å². The first-order chi connectivity index (χ1) is 4.10. The Labute approximate surface area is 56.7 Å². The predicted molar refractivity (Wildman–Crippen MR) is 36.2 cm³/mol. The molecular formula is C5H11NO2S. The van der Waals surface area contributed by atoms with E-state index in [0.717, 1.165) is 0 Å². The first-order valence-corrected chi connectivity index (χ1v) is 4.45. The highest BCUT2D eigenvalue weighted by Gasteiger charge is 2.26. The van der Waals surface area contributed by atoms with Gasteiger partial charge in [-0.05, 0) is 0 Å². The minimum atomic E-state index is -1.03. The van der Waals surface area contributed by atoms with Gasteiger partial charge in [0.1, 0.15) is 5.72 Å². The monoisotopic (exact) mass is 149 g/mol. The average molecular weight is 149 g/mol. The van der Waals surface area contributed by atoms with Crippen molar-refractivity contribution in [2.45, 2.75) is 18.6 Å². The van der Waals surface area contributed by atoms with Gasteiger partial charge in [-0.3, -0.25) is 4.21 Å². The van der Waals surface area contributed by atoms with E-state index < -0.39 is 16.5 Å². The molecule has 0 aromatic rings. The van der Waals surface area contributed by atoms with Crippen molar-refractivity contribution in [2.24, 2.45) is 5.73 Å². The summed E-state index contributed by atoms with van der Waals surface area (Å²) >= 11 is 0. The molecule has 1 heterocycles. The zero-order chi connectivity index (χ0) is 6.91. The summed E-state index contributed by atoms with van der Waals surface area (Å²) in [5.74, 6) is 1.10. The van der Waals surface area contributed by atoms with Crippen LogP contribution in [0.3, 0.4) is 0 Å². The molecule has 0 saturated carbocycles.